The third-order valence-electron chi connectivity index (χ3n) is 4.04. The van der Waals surface area contributed by atoms with Crippen molar-refractivity contribution in [1.29, 1.82) is 0 Å². The van der Waals surface area contributed by atoms with Crippen LogP contribution in [0.2, 0.25) is 0 Å². The van der Waals surface area contributed by atoms with E-state index in [0.717, 1.165) is 21.2 Å². The van der Waals surface area contributed by atoms with E-state index < -0.39 is 5.97 Å². The minimum atomic E-state index is -0.447. The standard InChI is InChI=1S/C21H18BrNO3S/c1-3-26-21(25)18-17(14-8-10-15(22)11-9-14)12-27-20(18)23-19(24)16-7-5-4-6-13(16)2/h4-12H,3H2,1-2H3,(H,23,24). The maximum Gasteiger partial charge on any atom is 0.341 e. The van der Waals surface area contributed by atoms with Crippen molar-refractivity contribution in [2.45, 2.75) is 13.8 Å². The Morgan fingerprint density at radius 1 is 1.11 bits per heavy atom. The summed E-state index contributed by atoms with van der Waals surface area (Å²) in [4.78, 5) is 25.3. The second kappa shape index (κ2) is 8.50. The van der Waals surface area contributed by atoms with Crippen LogP contribution in [0.5, 0.6) is 0 Å². The molecule has 1 amide bonds. The summed E-state index contributed by atoms with van der Waals surface area (Å²) in [5.74, 6) is -0.695. The van der Waals surface area contributed by atoms with E-state index in [-0.39, 0.29) is 12.5 Å². The molecule has 0 aliphatic carbocycles. The van der Waals surface area contributed by atoms with Crippen molar-refractivity contribution >= 4 is 44.1 Å². The lowest BCUT2D eigenvalue weighted by atomic mass is 10.0. The highest BCUT2D eigenvalue weighted by molar-refractivity contribution is 9.10. The Kier molecular flexibility index (Phi) is 6.08. The first-order valence-electron chi connectivity index (χ1n) is 8.42. The molecule has 0 saturated carbocycles. The lowest BCUT2D eigenvalue weighted by Crippen LogP contribution is -2.15. The van der Waals surface area contributed by atoms with E-state index in [9.17, 15) is 9.59 Å². The zero-order valence-electron chi connectivity index (χ0n) is 14.9. The Labute approximate surface area is 170 Å². The molecule has 138 valence electrons. The van der Waals surface area contributed by atoms with Crippen LogP contribution in [0.25, 0.3) is 11.1 Å². The first-order chi connectivity index (χ1) is 13.0. The van der Waals surface area contributed by atoms with E-state index in [4.69, 9.17) is 4.74 Å². The number of hydrogen-bond donors (Lipinski definition) is 1. The molecule has 0 unspecified atom stereocenters. The van der Waals surface area contributed by atoms with E-state index in [1.807, 2.05) is 54.8 Å². The Morgan fingerprint density at radius 3 is 2.48 bits per heavy atom. The number of esters is 1. The first kappa shape index (κ1) is 19.3. The minimum absolute atomic E-state index is 0.247. The van der Waals surface area contributed by atoms with Gasteiger partial charge in [0.25, 0.3) is 5.91 Å². The van der Waals surface area contributed by atoms with Crippen LogP contribution in [-0.4, -0.2) is 18.5 Å². The zero-order valence-corrected chi connectivity index (χ0v) is 17.3. The Bertz CT molecular complexity index is 979. The summed E-state index contributed by atoms with van der Waals surface area (Å²) in [6.07, 6.45) is 0. The van der Waals surface area contributed by atoms with Crippen molar-refractivity contribution in [3.8, 4) is 11.1 Å². The molecule has 0 aliphatic heterocycles. The number of thiophene rings is 1. The number of amides is 1. The molecule has 0 atom stereocenters. The van der Waals surface area contributed by atoms with Crippen LogP contribution in [0, 0.1) is 6.92 Å². The highest BCUT2D eigenvalue weighted by Crippen LogP contribution is 2.37. The number of ether oxygens (including phenoxy) is 1. The summed E-state index contributed by atoms with van der Waals surface area (Å²) in [5, 5.41) is 5.23. The van der Waals surface area contributed by atoms with Gasteiger partial charge < -0.3 is 10.1 Å². The SMILES string of the molecule is CCOC(=O)c1c(-c2ccc(Br)cc2)csc1NC(=O)c1ccccc1C. The van der Waals surface area contributed by atoms with Crippen LogP contribution in [0.3, 0.4) is 0 Å². The third kappa shape index (κ3) is 4.28. The molecular formula is C21H18BrNO3S. The van der Waals surface area contributed by atoms with Gasteiger partial charge in [0.05, 0.1) is 6.61 Å². The molecule has 0 bridgehead atoms. The van der Waals surface area contributed by atoms with E-state index in [1.165, 1.54) is 11.3 Å². The fourth-order valence-corrected chi connectivity index (χ4v) is 3.91. The second-order valence-corrected chi connectivity index (χ2v) is 7.65. The van der Waals surface area contributed by atoms with Crippen LogP contribution in [0.1, 0.15) is 33.2 Å². The normalized spacial score (nSPS) is 10.5. The van der Waals surface area contributed by atoms with E-state index in [1.54, 1.807) is 13.0 Å². The quantitative estimate of drug-likeness (QED) is 0.498. The van der Waals surface area contributed by atoms with Crippen molar-refractivity contribution < 1.29 is 14.3 Å². The summed E-state index contributed by atoms with van der Waals surface area (Å²) in [6.45, 7) is 3.90. The predicted octanol–water partition coefficient (Wildman–Crippen LogP) is 5.92. The Balaban J connectivity index is 2.00. The predicted molar refractivity (Wildman–Crippen MR) is 113 cm³/mol. The van der Waals surface area contributed by atoms with Crippen LogP contribution in [-0.2, 0) is 4.74 Å². The molecule has 0 saturated heterocycles. The van der Waals surface area contributed by atoms with Gasteiger partial charge in [-0.05, 0) is 43.2 Å². The summed E-state index contributed by atoms with van der Waals surface area (Å²) in [5.41, 5.74) is 3.45. The number of carbonyl (C=O) groups is 2. The third-order valence-corrected chi connectivity index (χ3v) is 5.47. The van der Waals surface area contributed by atoms with Crippen LogP contribution < -0.4 is 5.32 Å². The molecule has 0 aliphatic rings. The lowest BCUT2D eigenvalue weighted by Gasteiger charge is -2.10. The summed E-state index contributed by atoms with van der Waals surface area (Å²) < 4.78 is 6.18. The molecule has 0 radical (unpaired) electrons. The van der Waals surface area contributed by atoms with E-state index >= 15 is 0 Å². The average molecular weight is 444 g/mol. The Morgan fingerprint density at radius 2 is 1.81 bits per heavy atom. The number of hydrogen-bond acceptors (Lipinski definition) is 4. The van der Waals surface area contributed by atoms with Gasteiger partial charge in [-0.15, -0.1) is 11.3 Å². The summed E-state index contributed by atoms with van der Waals surface area (Å²) in [7, 11) is 0. The molecule has 3 aromatic rings. The van der Waals surface area contributed by atoms with Crippen molar-refractivity contribution in [3.05, 3.63) is 75.1 Å². The average Bonchev–Trinajstić information content (AvgIpc) is 3.06. The monoisotopic (exact) mass is 443 g/mol. The van der Waals surface area contributed by atoms with E-state index in [2.05, 4.69) is 21.2 Å². The number of halogens is 1. The first-order valence-corrected chi connectivity index (χ1v) is 10.1. The highest BCUT2D eigenvalue weighted by Gasteiger charge is 2.23. The largest absolute Gasteiger partial charge is 0.462 e. The number of rotatable bonds is 5. The van der Waals surface area contributed by atoms with Crippen LogP contribution in [0.15, 0.2) is 58.4 Å². The van der Waals surface area contributed by atoms with Crippen LogP contribution in [0.4, 0.5) is 5.00 Å². The smallest absolute Gasteiger partial charge is 0.341 e. The van der Waals surface area contributed by atoms with Gasteiger partial charge in [0.2, 0.25) is 0 Å². The molecule has 27 heavy (non-hydrogen) atoms. The molecule has 0 spiro atoms. The van der Waals surface area contributed by atoms with Crippen molar-refractivity contribution in [2.24, 2.45) is 0 Å². The topological polar surface area (TPSA) is 55.4 Å². The lowest BCUT2D eigenvalue weighted by molar-refractivity contribution is 0.0529. The number of benzene rings is 2. The molecule has 0 fully saturated rings. The molecule has 2 aromatic carbocycles. The molecule has 1 heterocycles. The molecule has 1 N–H and O–H groups in total. The fraction of sp³-hybridized carbons (Fsp3) is 0.143. The summed E-state index contributed by atoms with van der Waals surface area (Å²) in [6, 6.07) is 15.0. The van der Waals surface area contributed by atoms with Gasteiger partial charge in [-0.25, -0.2) is 4.79 Å². The van der Waals surface area contributed by atoms with Gasteiger partial charge in [-0.2, -0.15) is 0 Å². The molecule has 3 rings (SSSR count). The Hall–Kier alpha value is -2.44. The van der Waals surface area contributed by atoms with Gasteiger partial charge in [0.1, 0.15) is 10.6 Å². The second-order valence-electron chi connectivity index (χ2n) is 5.85. The van der Waals surface area contributed by atoms with Gasteiger partial charge in [-0.1, -0.05) is 46.3 Å². The zero-order chi connectivity index (χ0) is 19.4. The number of aryl methyl sites for hydroxylation is 1. The van der Waals surface area contributed by atoms with Gasteiger partial charge in [0.15, 0.2) is 0 Å². The van der Waals surface area contributed by atoms with Crippen molar-refractivity contribution in [1.82, 2.24) is 0 Å². The van der Waals surface area contributed by atoms with Crippen molar-refractivity contribution in [3.63, 3.8) is 0 Å². The van der Waals surface area contributed by atoms with Gasteiger partial charge in [0, 0.05) is 21.0 Å². The van der Waals surface area contributed by atoms with Gasteiger partial charge >= 0.3 is 5.97 Å². The highest BCUT2D eigenvalue weighted by atomic mass is 79.9. The number of anilines is 1. The minimum Gasteiger partial charge on any atom is -0.462 e. The molecule has 6 heteroatoms. The number of nitrogens with one attached hydrogen (secondary N) is 1. The van der Waals surface area contributed by atoms with Crippen molar-refractivity contribution in [2.75, 3.05) is 11.9 Å². The van der Waals surface area contributed by atoms with Crippen LogP contribution >= 0.6 is 27.3 Å². The number of carbonyl (C=O) groups excluding carboxylic acids is 2. The maximum absolute atomic E-state index is 12.7. The summed E-state index contributed by atoms with van der Waals surface area (Å²) >= 11 is 4.73. The molecule has 1 aromatic heterocycles. The molecule has 4 nitrogen and oxygen atoms in total. The fourth-order valence-electron chi connectivity index (χ4n) is 2.70. The van der Waals surface area contributed by atoms with Gasteiger partial charge in [-0.3, -0.25) is 4.79 Å². The molecular weight excluding hydrogens is 426 g/mol. The maximum atomic E-state index is 12.7. The van der Waals surface area contributed by atoms with E-state index in [0.29, 0.717) is 16.1 Å².